The van der Waals surface area contributed by atoms with Crippen LogP contribution in [-0.2, 0) is 6.42 Å². The molecule has 1 nitrogen and oxygen atoms in total. The Morgan fingerprint density at radius 1 is 1.50 bits per heavy atom. The second kappa shape index (κ2) is 2.94. The molecule has 1 aromatic carbocycles. The molecule has 0 N–H and O–H groups in total. The number of benzene rings is 1. The average molecular weight is 225 g/mol. The van der Waals surface area contributed by atoms with Gasteiger partial charge in [-0.2, -0.15) is 0 Å². The van der Waals surface area contributed by atoms with Gasteiger partial charge in [-0.15, -0.1) is 0 Å². The van der Waals surface area contributed by atoms with Crippen molar-refractivity contribution in [2.45, 2.75) is 12.5 Å². The maximum atomic E-state index is 5.62. The SMILES string of the molecule is C=C(Br)C1Cc2ccccc2O1. The number of halogens is 1. The Balaban J connectivity index is 2.27. The summed E-state index contributed by atoms with van der Waals surface area (Å²) in [7, 11) is 0. The van der Waals surface area contributed by atoms with E-state index in [9.17, 15) is 0 Å². The number of hydrogen-bond donors (Lipinski definition) is 0. The molecule has 12 heavy (non-hydrogen) atoms. The van der Waals surface area contributed by atoms with E-state index in [0.717, 1.165) is 16.7 Å². The zero-order chi connectivity index (χ0) is 8.55. The largest absolute Gasteiger partial charge is 0.485 e. The van der Waals surface area contributed by atoms with Gasteiger partial charge in [-0.05, 0) is 11.6 Å². The van der Waals surface area contributed by atoms with Crippen LogP contribution in [0.15, 0.2) is 35.3 Å². The van der Waals surface area contributed by atoms with Crippen molar-refractivity contribution in [2.24, 2.45) is 0 Å². The molecule has 1 aromatic rings. The van der Waals surface area contributed by atoms with Gasteiger partial charge in [0.2, 0.25) is 0 Å². The van der Waals surface area contributed by atoms with Gasteiger partial charge in [-0.3, -0.25) is 0 Å². The summed E-state index contributed by atoms with van der Waals surface area (Å²) >= 11 is 3.34. The molecule has 1 aliphatic rings. The number of fused-ring (bicyclic) bond motifs is 1. The van der Waals surface area contributed by atoms with Crippen molar-refractivity contribution < 1.29 is 4.74 Å². The zero-order valence-corrected chi connectivity index (χ0v) is 8.17. The summed E-state index contributed by atoms with van der Waals surface area (Å²) in [6.45, 7) is 3.81. The standard InChI is InChI=1S/C10H9BrO/c1-7(11)10-6-8-4-2-3-5-9(8)12-10/h2-5,10H,1,6H2. The lowest BCUT2D eigenvalue weighted by Crippen LogP contribution is -2.11. The molecule has 0 radical (unpaired) electrons. The van der Waals surface area contributed by atoms with Crippen LogP contribution in [-0.4, -0.2) is 6.10 Å². The van der Waals surface area contributed by atoms with E-state index in [2.05, 4.69) is 28.6 Å². The summed E-state index contributed by atoms with van der Waals surface area (Å²) in [5, 5.41) is 0. The number of rotatable bonds is 1. The van der Waals surface area contributed by atoms with Gasteiger partial charge in [0.25, 0.3) is 0 Å². The van der Waals surface area contributed by atoms with Gasteiger partial charge in [0.05, 0.1) is 0 Å². The minimum atomic E-state index is 0.113. The lowest BCUT2D eigenvalue weighted by Gasteiger charge is -2.07. The van der Waals surface area contributed by atoms with E-state index in [4.69, 9.17) is 4.74 Å². The summed E-state index contributed by atoms with van der Waals surface area (Å²) in [5.41, 5.74) is 1.27. The van der Waals surface area contributed by atoms with Crippen LogP contribution in [0, 0.1) is 0 Å². The van der Waals surface area contributed by atoms with Gasteiger partial charge < -0.3 is 4.74 Å². The van der Waals surface area contributed by atoms with Crippen LogP contribution in [0.3, 0.4) is 0 Å². The van der Waals surface area contributed by atoms with Gasteiger partial charge in [0, 0.05) is 10.9 Å². The predicted molar refractivity (Wildman–Crippen MR) is 52.6 cm³/mol. The fourth-order valence-electron chi connectivity index (χ4n) is 1.36. The molecule has 2 heteroatoms. The minimum absolute atomic E-state index is 0.113. The molecule has 62 valence electrons. The first-order valence-electron chi connectivity index (χ1n) is 3.86. The second-order valence-electron chi connectivity index (χ2n) is 2.87. The minimum Gasteiger partial charge on any atom is -0.485 e. The van der Waals surface area contributed by atoms with Crippen molar-refractivity contribution in [3.8, 4) is 5.75 Å². The molecule has 0 spiro atoms. The zero-order valence-electron chi connectivity index (χ0n) is 6.59. The third-order valence-electron chi connectivity index (χ3n) is 2.00. The first-order chi connectivity index (χ1) is 5.77. The van der Waals surface area contributed by atoms with Crippen LogP contribution < -0.4 is 4.74 Å². The lowest BCUT2D eigenvalue weighted by atomic mass is 10.1. The molecule has 0 bridgehead atoms. The van der Waals surface area contributed by atoms with E-state index in [1.165, 1.54) is 5.56 Å². The van der Waals surface area contributed by atoms with E-state index >= 15 is 0 Å². The Morgan fingerprint density at radius 3 is 2.92 bits per heavy atom. The van der Waals surface area contributed by atoms with Crippen LogP contribution >= 0.6 is 15.9 Å². The monoisotopic (exact) mass is 224 g/mol. The second-order valence-corrected chi connectivity index (χ2v) is 3.88. The number of ether oxygens (including phenoxy) is 1. The Bertz CT molecular complexity index is 294. The normalized spacial score (nSPS) is 19.9. The van der Waals surface area contributed by atoms with Crippen LogP contribution in [0.1, 0.15) is 5.56 Å². The average Bonchev–Trinajstić information content (AvgIpc) is 2.46. The quantitative estimate of drug-likeness (QED) is 0.713. The Kier molecular flexibility index (Phi) is 1.93. The third kappa shape index (κ3) is 1.27. The molecular weight excluding hydrogens is 216 g/mol. The highest BCUT2D eigenvalue weighted by Crippen LogP contribution is 2.32. The summed E-state index contributed by atoms with van der Waals surface area (Å²) in [6, 6.07) is 8.09. The number of para-hydroxylation sites is 1. The fraction of sp³-hybridized carbons (Fsp3) is 0.200. The van der Waals surface area contributed by atoms with Crippen LogP contribution in [0.5, 0.6) is 5.75 Å². The van der Waals surface area contributed by atoms with E-state index in [-0.39, 0.29) is 6.10 Å². The molecule has 0 aromatic heterocycles. The summed E-state index contributed by atoms with van der Waals surface area (Å²) in [6.07, 6.45) is 1.04. The molecule has 1 heterocycles. The summed E-state index contributed by atoms with van der Waals surface area (Å²) in [5.74, 6) is 0.989. The van der Waals surface area contributed by atoms with Gasteiger partial charge in [-0.1, -0.05) is 40.7 Å². The van der Waals surface area contributed by atoms with E-state index in [1.807, 2.05) is 18.2 Å². The van der Waals surface area contributed by atoms with E-state index < -0.39 is 0 Å². The Morgan fingerprint density at radius 2 is 2.25 bits per heavy atom. The molecule has 1 unspecified atom stereocenters. The van der Waals surface area contributed by atoms with E-state index in [0.29, 0.717) is 0 Å². The molecular formula is C10H9BrO. The van der Waals surface area contributed by atoms with Crippen molar-refractivity contribution in [1.29, 1.82) is 0 Å². The fourth-order valence-corrected chi connectivity index (χ4v) is 1.61. The lowest BCUT2D eigenvalue weighted by molar-refractivity contribution is 0.281. The highest BCUT2D eigenvalue weighted by Gasteiger charge is 2.22. The van der Waals surface area contributed by atoms with Crippen LogP contribution in [0.4, 0.5) is 0 Å². The smallest absolute Gasteiger partial charge is 0.134 e. The van der Waals surface area contributed by atoms with Crippen molar-refractivity contribution in [2.75, 3.05) is 0 Å². The maximum absolute atomic E-state index is 5.62. The predicted octanol–water partition coefficient (Wildman–Crippen LogP) is 2.90. The summed E-state index contributed by atoms with van der Waals surface area (Å²) < 4.78 is 6.54. The maximum Gasteiger partial charge on any atom is 0.134 e. The Hall–Kier alpha value is -0.760. The van der Waals surface area contributed by atoms with Crippen molar-refractivity contribution in [3.63, 3.8) is 0 Å². The molecule has 1 aliphatic heterocycles. The first-order valence-corrected chi connectivity index (χ1v) is 4.65. The van der Waals surface area contributed by atoms with Crippen LogP contribution in [0.2, 0.25) is 0 Å². The first kappa shape index (κ1) is 7.87. The van der Waals surface area contributed by atoms with Crippen molar-refractivity contribution >= 4 is 15.9 Å². The van der Waals surface area contributed by atoms with E-state index in [1.54, 1.807) is 0 Å². The third-order valence-corrected chi connectivity index (χ3v) is 2.51. The Labute approximate surface area is 80.2 Å². The highest BCUT2D eigenvalue weighted by molar-refractivity contribution is 9.11. The summed E-state index contributed by atoms with van der Waals surface area (Å²) in [4.78, 5) is 0. The van der Waals surface area contributed by atoms with Gasteiger partial charge in [0.1, 0.15) is 11.9 Å². The van der Waals surface area contributed by atoms with Gasteiger partial charge >= 0.3 is 0 Å². The van der Waals surface area contributed by atoms with Crippen molar-refractivity contribution in [3.05, 3.63) is 40.9 Å². The molecule has 0 fully saturated rings. The molecule has 1 atom stereocenters. The van der Waals surface area contributed by atoms with Crippen LogP contribution in [0.25, 0.3) is 0 Å². The molecule has 0 saturated heterocycles. The highest BCUT2D eigenvalue weighted by atomic mass is 79.9. The topological polar surface area (TPSA) is 9.23 Å². The van der Waals surface area contributed by atoms with Gasteiger partial charge in [0.15, 0.2) is 0 Å². The van der Waals surface area contributed by atoms with Gasteiger partial charge in [-0.25, -0.2) is 0 Å². The van der Waals surface area contributed by atoms with Crippen molar-refractivity contribution in [1.82, 2.24) is 0 Å². The molecule has 2 rings (SSSR count). The molecule has 0 amide bonds. The molecule has 0 aliphatic carbocycles. The molecule has 0 saturated carbocycles. The number of hydrogen-bond acceptors (Lipinski definition) is 1.